The first kappa shape index (κ1) is 29.4. The van der Waals surface area contributed by atoms with E-state index in [9.17, 15) is 9.13 Å². The number of benzene rings is 4. The van der Waals surface area contributed by atoms with Crippen LogP contribution in [0.4, 0.5) is 0 Å². The predicted molar refractivity (Wildman–Crippen MR) is 177 cm³/mol. The molecule has 0 saturated carbocycles. The molecule has 0 N–H and O–H groups in total. The van der Waals surface area contributed by atoms with E-state index in [0.717, 1.165) is 21.2 Å². The lowest BCUT2D eigenvalue weighted by molar-refractivity contribution is 0.268. The van der Waals surface area contributed by atoms with Gasteiger partial charge in [-0.2, -0.15) is 0 Å². The average Bonchev–Trinajstić information content (AvgIpc) is 3.73. The van der Waals surface area contributed by atoms with Crippen molar-refractivity contribution in [3.63, 3.8) is 0 Å². The van der Waals surface area contributed by atoms with E-state index in [1.165, 1.54) is 0 Å². The molecule has 0 aliphatic carbocycles. The van der Waals surface area contributed by atoms with E-state index in [1.807, 2.05) is 135 Å². The van der Waals surface area contributed by atoms with E-state index in [4.69, 9.17) is 19.5 Å². The van der Waals surface area contributed by atoms with Gasteiger partial charge in [0.25, 0.3) is 0 Å². The molecule has 6 rings (SSSR count). The van der Waals surface area contributed by atoms with Crippen LogP contribution in [-0.2, 0) is 18.6 Å². The Kier molecular flexibility index (Phi) is 8.27. The molecule has 4 aromatic rings. The molecule has 0 radical (unpaired) electrons. The molecule has 0 bridgehead atoms. The van der Waals surface area contributed by atoms with Crippen molar-refractivity contribution in [2.45, 2.75) is 25.9 Å². The number of nitrogens with zero attached hydrogens (tertiary/aromatic N) is 2. The van der Waals surface area contributed by atoms with E-state index in [2.05, 4.69) is 0 Å². The molecule has 2 atom stereocenters. The smallest absolute Gasteiger partial charge is 0.199 e. The third-order valence-corrected chi connectivity index (χ3v) is 14.5. The molecule has 2 aliphatic rings. The Morgan fingerprint density at radius 2 is 0.837 bits per heavy atom. The molecule has 0 saturated heterocycles. The van der Waals surface area contributed by atoms with Gasteiger partial charge in [-0.25, -0.2) is 9.98 Å². The van der Waals surface area contributed by atoms with Crippen LogP contribution < -0.4 is 21.2 Å². The summed E-state index contributed by atoms with van der Waals surface area (Å²) in [6.07, 6.45) is 0.738. The van der Waals surface area contributed by atoms with Crippen molar-refractivity contribution in [3.8, 4) is 0 Å². The number of hydrogen-bond acceptors (Lipinski definition) is 6. The second kappa shape index (κ2) is 12.1. The zero-order chi connectivity index (χ0) is 29.9. The van der Waals surface area contributed by atoms with Crippen molar-refractivity contribution in [1.29, 1.82) is 0 Å². The Hall–Kier alpha value is -3.72. The Balaban J connectivity index is 1.23. The Labute approximate surface area is 253 Å². The Morgan fingerprint density at radius 1 is 0.558 bits per heavy atom. The van der Waals surface area contributed by atoms with Gasteiger partial charge in [-0.15, -0.1) is 0 Å². The van der Waals surface area contributed by atoms with Gasteiger partial charge in [-0.3, -0.25) is 0 Å². The van der Waals surface area contributed by atoms with Crippen LogP contribution in [0.3, 0.4) is 0 Å². The fourth-order valence-corrected chi connectivity index (χ4v) is 11.4. The van der Waals surface area contributed by atoms with E-state index in [1.54, 1.807) is 0 Å². The summed E-state index contributed by atoms with van der Waals surface area (Å²) in [5, 5.41) is 3.27. The number of aliphatic imine (C=N–C) groups is 2. The minimum atomic E-state index is -2.95. The first-order valence-corrected chi connectivity index (χ1v) is 18.4. The van der Waals surface area contributed by atoms with E-state index in [0.29, 0.717) is 37.3 Å². The maximum atomic E-state index is 14.6. The fourth-order valence-electron chi connectivity index (χ4n) is 5.78. The highest BCUT2D eigenvalue weighted by Gasteiger charge is 2.44. The summed E-state index contributed by atoms with van der Waals surface area (Å²) in [6, 6.07) is 38.1. The zero-order valence-electron chi connectivity index (χ0n) is 24.5. The van der Waals surface area contributed by atoms with Gasteiger partial charge in [-0.1, -0.05) is 121 Å². The van der Waals surface area contributed by atoms with E-state index in [-0.39, 0.29) is 12.1 Å². The minimum absolute atomic E-state index is 0.269. The van der Waals surface area contributed by atoms with Crippen molar-refractivity contribution in [3.05, 3.63) is 121 Å². The molecular weight excluding hydrogens is 574 g/mol. The predicted octanol–water partition coefficient (Wildman–Crippen LogP) is 5.64. The van der Waals surface area contributed by atoms with Crippen LogP contribution in [0.2, 0.25) is 0 Å². The zero-order valence-corrected chi connectivity index (χ0v) is 26.2. The molecule has 2 aliphatic heterocycles. The monoisotopic (exact) mass is 610 g/mol. The molecular formula is C35H36N2O4P2. The largest absolute Gasteiger partial charge is 0.478 e. The highest BCUT2D eigenvalue weighted by atomic mass is 31.2. The molecule has 2 heterocycles. The Bertz CT molecular complexity index is 1490. The summed E-state index contributed by atoms with van der Waals surface area (Å²) >= 11 is 0. The van der Waals surface area contributed by atoms with Gasteiger partial charge < -0.3 is 18.6 Å². The maximum absolute atomic E-state index is 14.6. The topological polar surface area (TPSA) is 77.3 Å². The fraction of sp³-hybridized carbons (Fsp3) is 0.257. The van der Waals surface area contributed by atoms with Gasteiger partial charge in [0.2, 0.25) is 0 Å². The summed E-state index contributed by atoms with van der Waals surface area (Å²) in [5.74, 6) is 1.05. The van der Waals surface area contributed by atoms with Crippen LogP contribution in [0.1, 0.15) is 13.8 Å². The van der Waals surface area contributed by atoms with Crippen molar-refractivity contribution in [2.24, 2.45) is 15.4 Å². The van der Waals surface area contributed by atoms with Crippen LogP contribution in [0.15, 0.2) is 131 Å². The van der Waals surface area contributed by atoms with Gasteiger partial charge in [0.05, 0.1) is 12.1 Å². The van der Waals surface area contributed by atoms with Crippen LogP contribution >= 0.6 is 14.3 Å². The standard InChI is InChI=1S/C35H36N2O4P2/c1-35(2,33-36-27(23-40-33)25-42(38,29-15-7-3-8-16-29)30-17-9-4-10-18-30)34-37-28(24-41-34)26-43(39,31-19-11-5-12-20-31)32-21-13-6-14-22-32/h3-22,27-28H,23-26H2,1-2H3/t27-,28-/m0/s1. The summed E-state index contributed by atoms with van der Waals surface area (Å²) in [4.78, 5) is 9.88. The summed E-state index contributed by atoms with van der Waals surface area (Å²) in [5.41, 5.74) is -0.726. The second-order valence-electron chi connectivity index (χ2n) is 11.6. The third-order valence-electron chi connectivity index (χ3n) is 8.12. The van der Waals surface area contributed by atoms with E-state index >= 15 is 0 Å². The quantitative estimate of drug-likeness (QED) is 0.218. The van der Waals surface area contributed by atoms with Gasteiger partial charge in [0, 0.05) is 33.5 Å². The van der Waals surface area contributed by atoms with E-state index < -0.39 is 19.7 Å². The van der Waals surface area contributed by atoms with Crippen LogP contribution in [-0.4, -0.2) is 49.4 Å². The van der Waals surface area contributed by atoms with Gasteiger partial charge >= 0.3 is 0 Å². The molecule has 6 nitrogen and oxygen atoms in total. The average molecular weight is 611 g/mol. The van der Waals surface area contributed by atoms with Crippen molar-refractivity contribution >= 4 is 47.3 Å². The van der Waals surface area contributed by atoms with Crippen molar-refractivity contribution in [2.75, 3.05) is 25.5 Å². The SMILES string of the molecule is CC(C)(C1=N[C@H](CP(=O)(c2ccccc2)c2ccccc2)CO1)C1=N[C@H](CP(=O)(c2ccccc2)c2ccccc2)CO1. The number of ether oxygens (including phenoxy) is 2. The maximum Gasteiger partial charge on any atom is 0.199 e. The molecule has 0 unspecified atom stereocenters. The molecule has 0 fully saturated rings. The third kappa shape index (κ3) is 5.92. The molecule has 0 spiro atoms. The number of rotatable bonds is 10. The van der Waals surface area contributed by atoms with Gasteiger partial charge in [0.1, 0.15) is 32.9 Å². The minimum Gasteiger partial charge on any atom is -0.478 e. The lowest BCUT2D eigenvalue weighted by Gasteiger charge is -2.22. The number of hydrogen-bond donors (Lipinski definition) is 0. The first-order chi connectivity index (χ1) is 20.8. The molecule has 43 heavy (non-hydrogen) atoms. The Morgan fingerprint density at radius 3 is 1.12 bits per heavy atom. The van der Waals surface area contributed by atoms with Crippen molar-refractivity contribution < 1.29 is 18.6 Å². The highest BCUT2D eigenvalue weighted by Crippen LogP contribution is 2.47. The van der Waals surface area contributed by atoms with Crippen LogP contribution in [0.5, 0.6) is 0 Å². The van der Waals surface area contributed by atoms with Crippen molar-refractivity contribution in [1.82, 2.24) is 0 Å². The first-order valence-electron chi connectivity index (χ1n) is 14.6. The molecule has 220 valence electrons. The lowest BCUT2D eigenvalue weighted by atomic mass is 9.93. The molecule has 4 aromatic carbocycles. The highest BCUT2D eigenvalue weighted by molar-refractivity contribution is 7.79. The van der Waals surface area contributed by atoms with Gasteiger partial charge in [-0.05, 0) is 13.8 Å². The normalized spacial score (nSPS) is 18.8. The molecule has 0 amide bonds. The second-order valence-corrected chi connectivity index (χ2v) is 17.4. The summed E-state index contributed by atoms with van der Waals surface area (Å²) in [6.45, 7) is 4.65. The summed E-state index contributed by atoms with van der Waals surface area (Å²) in [7, 11) is -5.90. The molecule has 8 heteroatoms. The summed E-state index contributed by atoms with van der Waals surface area (Å²) < 4.78 is 41.5. The van der Waals surface area contributed by atoms with Crippen LogP contribution in [0.25, 0.3) is 0 Å². The lowest BCUT2D eigenvalue weighted by Crippen LogP contribution is -2.34. The van der Waals surface area contributed by atoms with Crippen LogP contribution in [0, 0.1) is 5.41 Å². The molecule has 0 aromatic heterocycles. The van der Waals surface area contributed by atoms with Gasteiger partial charge in [0.15, 0.2) is 11.8 Å².